The number of rotatable bonds is 4. The molecule has 0 spiro atoms. The van der Waals surface area contributed by atoms with Crippen molar-refractivity contribution in [3.63, 3.8) is 0 Å². The van der Waals surface area contributed by atoms with Gasteiger partial charge in [0.15, 0.2) is 0 Å². The fourth-order valence-electron chi connectivity index (χ4n) is 5.11. The molecule has 1 unspecified atom stereocenters. The molecule has 1 N–H and O–H groups in total. The molecule has 2 amide bonds. The minimum absolute atomic E-state index is 0.00618. The van der Waals surface area contributed by atoms with Crippen LogP contribution in [0.25, 0.3) is 0 Å². The molecule has 3 aliphatic rings. The van der Waals surface area contributed by atoms with Gasteiger partial charge in [-0.1, -0.05) is 24.3 Å². The number of hydrogen-bond acceptors (Lipinski definition) is 5. The summed E-state index contributed by atoms with van der Waals surface area (Å²) in [6.45, 7) is 6.72. The number of fused-ring (bicyclic) bond motifs is 2. The average Bonchev–Trinajstić information content (AvgIpc) is 3.17. The minimum Gasteiger partial charge on any atom is -0.320 e. The lowest BCUT2D eigenvalue weighted by molar-refractivity contribution is -0.119. The molecule has 0 bridgehead atoms. The van der Waals surface area contributed by atoms with E-state index in [9.17, 15) is 9.59 Å². The van der Waals surface area contributed by atoms with Gasteiger partial charge in [-0.05, 0) is 50.7 Å². The van der Waals surface area contributed by atoms with Gasteiger partial charge in [-0.2, -0.15) is 0 Å². The molecule has 3 heterocycles. The minimum atomic E-state index is -0.183. The summed E-state index contributed by atoms with van der Waals surface area (Å²) in [4.78, 5) is 35.5. The molecule has 5 rings (SSSR count). The largest absolute Gasteiger partial charge is 0.320 e. The highest BCUT2D eigenvalue weighted by molar-refractivity contribution is 6.17. The van der Waals surface area contributed by atoms with Crippen LogP contribution in [0.15, 0.2) is 48.5 Å². The van der Waals surface area contributed by atoms with Crippen LogP contribution in [0, 0.1) is 0 Å². The van der Waals surface area contributed by atoms with Gasteiger partial charge in [0.25, 0.3) is 5.91 Å². The normalized spacial score (nSPS) is 22.2. The van der Waals surface area contributed by atoms with E-state index in [4.69, 9.17) is 0 Å². The van der Waals surface area contributed by atoms with Crippen LogP contribution < -0.4 is 10.2 Å². The maximum Gasteiger partial charge on any atom is 0.257 e. The Morgan fingerprint density at radius 2 is 1.69 bits per heavy atom. The van der Waals surface area contributed by atoms with E-state index in [1.54, 1.807) is 11.0 Å². The number of likely N-dealkylation sites (tertiary alicyclic amines) is 1. The fourth-order valence-corrected chi connectivity index (χ4v) is 5.11. The molecular formula is C25H31N5O2. The zero-order valence-corrected chi connectivity index (χ0v) is 18.7. The third-order valence-electron chi connectivity index (χ3n) is 6.93. The quantitative estimate of drug-likeness (QED) is 0.803. The van der Waals surface area contributed by atoms with Crippen molar-refractivity contribution < 1.29 is 9.59 Å². The van der Waals surface area contributed by atoms with Crippen molar-refractivity contribution in [2.24, 2.45) is 0 Å². The average molecular weight is 434 g/mol. The lowest BCUT2D eigenvalue weighted by Crippen LogP contribution is -2.50. The van der Waals surface area contributed by atoms with Crippen molar-refractivity contribution in [3.05, 3.63) is 54.1 Å². The second-order valence-electron chi connectivity index (χ2n) is 9.09. The molecule has 0 saturated carbocycles. The highest BCUT2D eigenvalue weighted by Crippen LogP contribution is 2.38. The molecule has 7 heteroatoms. The Bertz CT molecular complexity index is 1000. The highest BCUT2D eigenvalue weighted by Gasteiger charge is 2.33. The van der Waals surface area contributed by atoms with Crippen LogP contribution in [0.2, 0.25) is 0 Å². The van der Waals surface area contributed by atoms with Crippen molar-refractivity contribution in [2.75, 3.05) is 63.1 Å². The van der Waals surface area contributed by atoms with E-state index in [-0.39, 0.29) is 11.8 Å². The molecule has 3 aliphatic heterocycles. The molecule has 2 fully saturated rings. The predicted octanol–water partition coefficient (Wildman–Crippen LogP) is 2.63. The first-order chi connectivity index (χ1) is 15.6. The number of nitrogens with one attached hydrogen (secondary N) is 1. The van der Waals surface area contributed by atoms with E-state index in [2.05, 4.69) is 27.1 Å². The van der Waals surface area contributed by atoms with E-state index in [1.165, 1.54) is 0 Å². The van der Waals surface area contributed by atoms with Crippen molar-refractivity contribution >= 4 is 28.9 Å². The van der Waals surface area contributed by atoms with Crippen LogP contribution >= 0.6 is 0 Å². The summed E-state index contributed by atoms with van der Waals surface area (Å²) >= 11 is 0. The van der Waals surface area contributed by atoms with Crippen molar-refractivity contribution in [1.82, 2.24) is 14.7 Å². The van der Waals surface area contributed by atoms with Crippen LogP contribution in [-0.4, -0.2) is 85.4 Å². The fraction of sp³-hybridized carbons (Fsp3) is 0.440. The molecule has 168 valence electrons. The molecular weight excluding hydrogens is 402 g/mol. The lowest BCUT2D eigenvalue weighted by atomic mass is 10.1. The number of carbonyl (C=O) groups is 2. The number of piperazine rings is 1. The summed E-state index contributed by atoms with van der Waals surface area (Å²) in [5, 5.41) is 2.97. The molecule has 1 atom stereocenters. The van der Waals surface area contributed by atoms with Gasteiger partial charge in [0.1, 0.15) is 0 Å². The number of para-hydroxylation sites is 3. The first-order valence-electron chi connectivity index (χ1n) is 11.6. The number of likely N-dealkylation sites (N-methyl/N-ethyl adjacent to an activating group) is 1. The lowest BCUT2D eigenvalue weighted by Gasteiger charge is -2.36. The monoisotopic (exact) mass is 433 g/mol. The summed E-state index contributed by atoms with van der Waals surface area (Å²) < 4.78 is 0. The Hall–Kier alpha value is -2.74. The third kappa shape index (κ3) is 4.16. The van der Waals surface area contributed by atoms with Crippen LogP contribution in [0.4, 0.5) is 17.1 Å². The van der Waals surface area contributed by atoms with Gasteiger partial charge in [0.2, 0.25) is 5.91 Å². The Labute approximate surface area is 189 Å². The summed E-state index contributed by atoms with van der Waals surface area (Å²) in [7, 11) is 2.17. The Morgan fingerprint density at radius 3 is 2.50 bits per heavy atom. The van der Waals surface area contributed by atoms with E-state index in [0.717, 1.165) is 57.8 Å². The van der Waals surface area contributed by atoms with Crippen LogP contribution in [0.3, 0.4) is 0 Å². The van der Waals surface area contributed by atoms with Gasteiger partial charge in [-0.25, -0.2) is 0 Å². The number of amides is 2. The summed E-state index contributed by atoms with van der Waals surface area (Å²) in [5.74, 6) is -0.177. The van der Waals surface area contributed by atoms with Gasteiger partial charge in [0, 0.05) is 38.8 Å². The number of carbonyl (C=O) groups excluding carboxylic acids is 2. The Morgan fingerprint density at radius 1 is 0.969 bits per heavy atom. The standard InChI is InChI=1S/C25H31N5O2/c1-27-13-15-28(16-14-27)17-19-7-6-12-29(19)18-24(31)30-22-10-4-2-8-20(22)25(32)26-21-9-3-5-11-23(21)30/h2-5,8-11,19H,6-7,12-18H2,1H3,(H,26,32). The topological polar surface area (TPSA) is 59.1 Å². The maximum atomic E-state index is 13.7. The second-order valence-corrected chi connectivity index (χ2v) is 9.09. The molecule has 0 radical (unpaired) electrons. The summed E-state index contributed by atoms with van der Waals surface area (Å²) in [6, 6.07) is 15.3. The Balaban J connectivity index is 1.38. The van der Waals surface area contributed by atoms with Crippen LogP contribution in [-0.2, 0) is 4.79 Å². The maximum absolute atomic E-state index is 13.7. The number of anilines is 3. The van der Waals surface area contributed by atoms with Crippen molar-refractivity contribution in [1.29, 1.82) is 0 Å². The van der Waals surface area contributed by atoms with Gasteiger partial charge in [0.05, 0.1) is 29.2 Å². The zero-order valence-electron chi connectivity index (χ0n) is 18.7. The summed E-state index contributed by atoms with van der Waals surface area (Å²) in [6.07, 6.45) is 2.26. The van der Waals surface area contributed by atoms with E-state index in [1.807, 2.05) is 42.5 Å². The highest BCUT2D eigenvalue weighted by atomic mass is 16.2. The number of benzene rings is 2. The van der Waals surface area contributed by atoms with Crippen LogP contribution in [0.5, 0.6) is 0 Å². The molecule has 2 aromatic carbocycles. The Kier molecular flexibility index (Phi) is 5.95. The van der Waals surface area contributed by atoms with Gasteiger partial charge in [-0.3, -0.25) is 24.3 Å². The van der Waals surface area contributed by atoms with E-state index >= 15 is 0 Å². The molecule has 2 saturated heterocycles. The van der Waals surface area contributed by atoms with E-state index in [0.29, 0.717) is 29.5 Å². The molecule has 32 heavy (non-hydrogen) atoms. The first-order valence-corrected chi connectivity index (χ1v) is 11.6. The van der Waals surface area contributed by atoms with Crippen molar-refractivity contribution in [3.8, 4) is 0 Å². The smallest absolute Gasteiger partial charge is 0.257 e. The molecule has 7 nitrogen and oxygen atoms in total. The third-order valence-corrected chi connectivity index (χ3v) is 6.93. The second kappa shape index (κ2) is 9.02. The SMILES string of the molecule is CN1CCN(CC2CCCN2CC(=O)N2c3ccccc3NC(=O)c3ccccc32)CC1. The molecule has 0 aromatic heterocycles. The zero-order chi connectivity index (χ0) is 22.1. The van der Waals surface area contributed by atoms with Gasteiger partial charge in [-0.15, -0.1) is 0 Å². The molecule has 2 aromatic rings. The van der Waals surface area contributed by atoms with Gasteiger partial charge >= 0.3 is 0 Å². The first kappa shape index (κ1) is 21.1. The number of hydrogen-bond donors (Lipinski definition) is 1. The van der Waals surface area contributed by atoms with Crippen molar-refractivity contribution in [2.45, 2.75) is 18.9 Å². The van der Waals surface area contributed by atoms with Crippen LogP contribution in [0.1, 0.15) is 23.2 Å². The number of nitrogens with zero attached hydrogens (tertiary/aromatic N) is 4. The van der Waals surface area contributed by atoms with Gasteiger partial charge < -0.3 is 10.2 Å². The summed E-state index contributed by atoms with van der Waals surface area (Å²) in [5.41, 5.74) is 2.56. The molecule has 0 aliphatic carbocycles. The predicted molar refractivity (Wildman–Crippen MR) is 127 cm³/mol. The van der Waals surface area contributed by atoms with E-state index < -0.39 is 0 Å².